The molecular weight excluding hydrogens is 200 g/mol. The van der Waals surface area contributed by atoms with Gasteiger partial charge in [-0.3, -0.25) is 4.79 Å². The zero-order valence-corrected chi connectivity index (χ0v) is 10.7. The van der Waals surface area contributed by atoms with Crippen molar-refractivity contribution >= 4 is 5.91 Å². The first-order valence-electron chi connectivity index (χ1n) is 6.75. The molecule has 2 unspecified atom stereocenters. The molecule has 1 rings (SSSR count). The first-order valence-corrected chi connectivity index (χ1v) is 6.75. The molecule has 1 heterocycles. The first kappa shape index (κ1) is 13.5. The Balaban J connectivity index is 2.68. The van der Waals surface area contributed by atoms with Crippen LogP contribution in [0.2, 0.25) is 0 Å². The van der Waals surface area contributed by atoms with Gasteiger partial charge in [-0.05, 0) is 25.7 Å². The number of hydrogen-bond acceptors (Lipinski definition) is 2. The fourth-order valence-electron chi connectivity index (χ4n) is 2.57. The molecule has 1 fully saturated rings. The van der Waals surface area contributed by atoms with Crippen molar-refractivity contribution in [3.63, 3.8) is 0 Å². The average molecular weight is 226 g/mol. The Hall–Kier alpha value is -0.570. The summed E-state index contributed by atoms with van der Waals surface area (Å²) in [6.07, 6.45) is 6.79. The van der Waals surface area contributed by atoms with E-state index in [-0.39, 0.29) is 5.92 Å². The summed E-state index contributed by atoms with van der Waals surface area (Å²) in [5.41, 5.74) is 5.67. The zero-order valence-electron chi connectivity index (χ0n) is 10.7. The number of likely N-dealkylation sites (tertiary alicyclic amines) is 1. The zero-order chi connectivity index (χ0) is 12.0. The lowest BCUT2D eigenvalue weighted by Crippen LogP contribution is -2.44. The van der Waals surface area contributed by atoms with Crippen molar-refractivity contribution in [2.24, 2.45) is 11.7 Å². The standard InChI is InChI=1S/C13H26N2O/c1-3-11(10-14)13(16)15-9-7-5-6-8-12(15)4-2/h11-12H,3-10,14H2,1-2H3. The van der Waals surface area contributed by atoms with Crippen molar-refractivity contribution in [1.29, 1.82) is 0 Å². The Morgan fingerprint density at radius 2 is 2.12 bits per heavy atom. The van der Waals surface area contributed by atoms with Gasteiger partial charge in [0.05, 0.1) is 5.92 Å². The maximum absolute atomic E-state index is 12.3. The third kappa shape index (κ3) is 3.21. The Morgan fingerprint density at radius 1 is 1.38 bits per heavy atom. The highest BCUT2D eigenvalue weighted by atomic mass is 16.2. The summed E-state index contributed by atoms with van der Waals surface area (Å²) < 4.78 is 0. The molecule has 0 aromatic heterocycles. The number of rotatable bonds is 4. The molecule has 2 N–H and O–H groups in total. The van der Waals surface area contributed by atoms with Crippen LogP contribution in [0.25, 0.3) is 0 Å². The molecule has 0 aromatic carbocycles. The van der Waals surface area contributed by atoms with E-state index in [2.05, 4.69) is 11.8 Å². The quantitative estimate of drug-likeness (QED) is 0.798. The van der Waals surface area contributed by atoms with Gasteiger partial charge in [-0.15, -0.1) is 0 Å². The number of nitrogens with zero attached hydrogens (tertiary/aromatic N) is 1. The molecule has 0 radical (unpaired) electrons. The minimum atomic E-state index is 0.0344. The van der Waals surface area contributed by atoms with Gasteiger partial charge in [0.15, 0.2) is 0 Å². The van der Waals surface area contributed by atoms with Gasteiger partial charge in [0.1, 0.15) is 0 Å². The van der Waals surface area contributed by atoms with Gasteiger partial charge >= 0.3 is 0 Å². The fraction of sp³-hybridized carbons (Fsp3) is 0.923. The number of nitrogens with two attached hydrogens (primary N) is 1. The van der Waals surface area contributed by atoms with E-state index in [1.165, 1.54) is 19.3 Å². The third-order valence-corrected chi connectivity index (χ3v) is 3.76. The van der Waals surface area contributed by atoms with Gasteiger partial charge in [-0.25, -0.2) is 0 Å². The lowest BCUT2D eigenvalue weighted by atomic mass is 10.0. The van der Waals surface area contributed by atoms with Crippen LogP contribution in [-0.2, 0) is 4.79 Å². The van der Waals surface area contributed by atoms with Crippen molar-refractivity contribution in [3.05, 3.63) is 0 Å². The summed E-state index contributed by atoms with van der Waals surface area (Å²) in [6, 6.07) is 0.454. The van der Waals surface area contributed by atoms with Crippen LogP contribution in [0.1, 0.15) is 52.4 Å². The van der Waals surface area contributed by atoms with E-state index in [9.17, 15) is 4.79 Å². The van der Waals surface area contributed by atoms with Gasteiger partial charge in [0.25, 0.3) is 0 Å². The van der Waals surface area contributed by atoms with Gasteiger partial charge in [0.2, 0.25) is 5.91 Å². The number of carbonyl (C=O) groups excluding carboxylic acids is 1. The predicted molar refractivity (Wildman–Crippen MR) is 67.1 cm³/mol. The van der Waals surface area contributed by atoms with Crippen LogP contribution in [0.5, 0.6) is 0 Å². The number of amides is 1. The van der Waals surface area contributed by atoms with E-state index in [1.807, 2.05) is 6.92 Å². The van der Waals surface area contributed by atoms with Crippen LogP contribution in [0.3, 0.4) is 0 Å². The Kier molecular flexibility index (Phi) is 5.81. The minimum absolute atomic E-state index is 0.0344. The van der Waals surface area contributed by atoms with Crippen LogP contribution in [-0.4, -0.2) is 29.9 Å². The molecule has 0 bridgehead atoms. The summed E-state index contributed by atoms with van der Waals surface area (Å²) in [5.74, 6) is 0.325. The van der Waals surface area contributed by atoms with E-state index in [4.69, 9.17) is 5.73 Å². The highest BCUT2D eigenvalue weighted by Gasteiger charge is 2.27. The van der Waals surface area contributed by atoms with Crippen LogP contribution in [0.15, 0.2) is 0 Å². The second kappa shape index (κ2) is 6.89. The molecule has 0 aliphatic carbocycles. The molecule has 94 valence electrons. The van der Waals surface area contributed by atoms with E-state index in [0.717, 1.165) is 25.8 Å². The summed E-state index contributed by atoms with van der Waals surface area (Å²) in [5, 5.41) is 0. The Bertz CT molecular complexity index is 214. The molecule has 0 aromatic rings. The van der Waals surface area contributed by atoms with Crippen molar-refractivity contribution in [3.8, 4) is 0 Å². The van der Waals surface area contributed by atoms with Crippen molar-refractivity contribution in [2.75, 3.05) is 13.1 Å². The molecule has 1 aliphatic rings. The number of carbonyl (C=O) groups is 1. The topological polar surface area (TPSA) is 46.3 Å². The van der Waals surface area contributed by atoms with Crippen LogP contribution < -0.4 is 5.73 Å². The van der Waals surface area contributed by atoms with E-state index in [1.54, 1.807) is 0 Å². The fourth-order valence-corrected chi connectivity index (χ4v) is 2.57. The predicted octanol–water partition coefficient (Wildman–Crippen LogP) is 2.15. The molecule has 0 saturated carbocycles. The molecule has 2 atom stereocenters. The lowest BCUT2D eigenvalue weighted by Gasteiger charge is -2.32. The molecule has 1 amide bonds. The van der Waals surface area contributed by atoms with E-state index < -0.39 is 0 Å². The van der Waals surface area contributed by atoms with Crippen molar-refractivity contribution in [1.82, 2.24) is 4.90 Å². The van der Waals surface area contributed by atoms with Gasteiger partial charge in [-0.2, -0.15) is 0 Å². The molecule has 3 heteroatoms. The molecule has 1 saturated heterocycles. The van der Waals surface area contributed by atoms with Gasteiger partial charge in [-0.1, -0.05) is 26.7 Å². The minimum Gasteiger partial charge on any atom is -0.339 e. The second-order valence-corrected chi connectivity index (χ2v) is 4.78. The number of hydrogen-bond donors (Lipinski definition) is 1. The molecule has 3 nitrogen and oxygen atoms in total. The smallest absolute Gasteiger partial charge is 0.227 e. The Labute approximate surface area is 99.4 Å². The van der Waals surface area contributed by atoms with Gasteiger partial charge in [0, 0.05) is 19.1 Å². The van der Waals surface area contributed by atoms with Gasteiger partial charge < -0.3 is 10.6 Å². The van der Waals surface area contributed by atoms with Crippen molar-refractivity contribution in [2.45, 2.75) is 58.4 Å². The molecule has 0 spiro atoms. The maximum atomic E-state index is 12.3. The third-order valence-electron chi connectivity index (χ3n) is 3.76. The van der Waals surface area contributed by atoms with E-state index >= 15 is 0 Å². The normalized spacial score (nSPS) is 23.9. The lowest BCUT2D eigenvalue weighted by molar-refractivity contribution is -0.137. The van der Waals surface area contributed by atoms with Crippen LogP contribution in [0.4, 0.5) is 0 Å². The summed E-state index contributed by atoms with van der Waals surface area (Å²) in [6.45, 7) is 5.66. The first-order chi connectivity index (χ1) is 7.74. The molecule has 1 aliphatic heterocycles. The Morgan fingerprint density at radius 3 is 2.69 bits per heavy atom. The van der Waals surface area contributed by atoms with Crippen molar-refractivity contribution < 1.29 is 4.79 Å². The van der Waals surface area contributed by atoms with Crippen LogP contribution >= 0.6 is 0 Å². The highest BCUT2D eigenvalue weighted by Crippen LogP contribution is 2.21. The largest absolute Gasteiger partial charge is 0.339 e. The second-order valence-electron chi connectivity index (χ2n) is 4.78. The maximum Gasteiger partial charge on any atom is 0.227 e. The average Bonchev–Trinajstić information content (AvgIpc) is 2.55. The summed E-state index contributed by atoms with van der Waals surface area (Å²) in [4.78, 5) is 14.4. The molecule has 16 heavy (non-hydrogen) atoms. The SMILES string of the molecule is CCC(CN)C(=O)N1CCCCCC1CC. The highest BCUT2D eigenvalue weighted by molar-refractivity contribution is 5.79. The van der Waals surface area contributed by atoms with Crippen LogP contribution in [0, 0.1) is 5.92 Å². The molecular formula is C13H26N2O. The summed E-state index contributed by atoms with van der Waals surface area (Å²) in [7, 11) is 0. The monoisotopic (exact) mass is 226 g/mol. The summed E-state index contributed by atoms with van der Waals surface area (Å²) >= 11 is 0. The van der Waals surface area contributed by atoms with E-state index in [0.29, 0.717) is 18.5 Å².